The van der Waals surface area contributed by atoms with E-state index < -0.39 is 5.92 Å². The normalized spacial score (nSPS) is 21.5. The molecule has 0 spiro atoms. The van der Waals surface area contributed by atoms with Gasteiger partial charge in [-0.1, -0.05) is 25.1 Å². The lowest BCUT2D eigenvalue weighted by molar-refractivity contribution is -0.128. The van der Waals surface area contributed by atoms with Gasteiger partial charge in [-0.25, -0.2) is 9.79 Å². The van der Waals surface area contributed by atoms with Crippen LogP contribution in [0.4, 0.5) is 4.79 Å². The minimum absolute atomic E-state index is 0.301. The number of hydrogen-bond acceptors (Lipinski definition) is 5. The van der Waals surface area contributed by atoms with E-state index in [2.05, 4.69) is 4.99 Å². The Bertz CT molecular complexity index is 841. The Morgan fingerprint density at radius 3 is 2.62 bits per heavy atom. The number of nitrogens with zero attached hydrogens (tertiary/aromatic N) is 4. The largest absolute Gasteiger partial charge is 0.496 e. The molecule has 0 N–H and O–H groups in total. The first-order valence-electron chi connectivity index (χ1n) is 8.48. The summed E-state index contributed by atoms with van der Waals surface area (Å²) in [5.74, 6) is 0.221. The Morgan fingerprint density at radius 2 is 1.92 bits per heavy atom. The predicted octanol–water partition coefficient (Wildman–Crippen LogP) is 2.48. The van der Waals surface area contributed by atoms with Crippen LogP contribution in [0, 0.1) is 5.92 Å². The molecular weight excluding hydrogens is 332 g/mol. The number of fused-ring (bicyclic) bond motifs is 1. The molecule has 1 aromatic rings. The van der Waals surface area contributed by atoms with Gasteiger partial charge in [-0.2, -0.15) is 0 Å². The molecule has 0 saturated carbocycles. The molecule has 1 unspecified atom stereocenters. The lowest BCUT2D eigenvalue weighted by atomic mass is 9.89. The number of urea groups is 1. The van der Waals surface area contributed by atoms with Gasteiger partial charge >= 0.3 is 6.03 Å². The number of para-hydroxylation sites is 1. The first-order chi connectivity index (χ1) is 12.5. The van der Waals surface area contributed by atoms with Crippen LogP contribution in [0.1, 0.15) is 18.9 Å². The third-order valence-electron chi connectivity index (χ3n) is 4.70. The number of carbonyl (C=O) groups is 2. The number of allylic oxidation sites excluding steroid dienone is 1. The van der Waals surface area contributed by atoms with Crippen molar-refractivity contribution in [1.29, 1.82) is 0 Å². The van der Waals surface area contributed by atoms with Gasteiger partial charge in [0.15, 0.2) is 0 Å². The van der Waals surface area contributed by atoms with Gasteiger partial charge < -0.3 is 4.74 Å². The van der Waals surface area contributed by atoms with Crippen molar-refractivity contribution in [3.05, 3.63) is 41.6 Å². The molecule has 3 rings (SSSR count). The van der Waals surface area contributed by atoms with Gasteiger partial charge in [0, 0.05) is 25.9 Å². The van der Waals surface area contributed by atoms with Gasteiger partial charge in [-0.15, -0.1) is 0 Å². The maximum absolute atomic E-state index is 12.8. The number of benzene rings is 1. The monoisotopic (exact) mass is 354 g/mol. The van der Waals surface area contributed by atoms with E-state index in [9.17, 15) is 9.59 Å². The second-order valence-electron chi connectivity index (χ2n) is 6.18. The highest BCUT2D eigenvalue weighted by Gasteiger charge is 2.45. The molecule has 1 aromatic carbocycles. The second-order valence-corrected chi connectivity index (χ2v) is 6.18. The van der Waals surface area contributed by atoms with Gasteiger partial charge in [0.1, 0.15) is 17.5 Å². The van der Waals surface area contributed by atoms with Gasteiger partial charge in [-0.3, -0.25) is 19.6 Å². The van der Waals surface area contributed by atoms with E-state index in [0.29, 0.717) is 24.5 Å². The molecule has 136 valence electrons. The fourth-order valence-corrected chi connectivity index (χ4v) is 3.18. The van der Waals surface area contributed by atoms with Gasteiger partial charge in [-0.05, 0) is 18.1 Å². The summed E-state index contributed by atoms with van der Waals surface area (Å²) in [5, 5.41) is 0. The summed E-state index contributed by atoms with van der Waals surface area (Å²) in [5.41, 5.74) is 2.50. The van der Waals surface area contributed by atoms with Crippen molar-refractivity contribution in [3.8, 4) is 5.75 Å². The summed E-state index contributed by atoms with van der Waals surface area (Å²) in [7, 11) is 4.73. The van der Waals surface area contributed by atoms with Gasteiger partial charge in [0.05, 0.1) is 19.4 Å². The van der Waals surface area contributed by atoms with Crippen molar-refractivity contribution >= 4 is 23.5 Å². The molecule has 2 heterocycles. The molecule has 0 radical (unpaired) electrons. The van der Waals surface area contributed by atoms with E-state index in [4.69, 9.17) is 9.73 Å². The Kier molecular flexibility index (Phi) is 4.88. The highest BCUT2D eigenvalue weighted by molar-refractivity contribution is 6.33. The lowest BCUT2D eigenvalue weighted by Gasteiger charge is -2.38. The summed E-state index contributed by atoms with van der Waals surface area (Å²) in [6.07, 6.45) is 2.40. The van der Waals surface area contributed by atoms with Crippen LogP contribution < -0.4 is 4.74 Å². The van der Waals surface area contributed by atoms with E-state index in [1.165, 1.54) is 11.9 Å². The average molecular weight is 354 g/mol. The number of rotatable bonds is 4. The van der Waals surface area contributed by atoms with Crippen molar-refractivity contribution in [3.63, 3.8) is 0 Å². The number of imide groups is 1. The van der Waals surface area contributed by atoms with Crippen LogP contribution in [0.5, 0.6) is 5.75 Å². The van der Waals surface area contributed by atoms with E-state index in [1.54, 1.807) is 20.4 Å². The minimum atomic E-state index is -0.655. The summed E-state index contributed by atoms with van der Waals surface area (Å²) in [4.78, 5) is 36.6. The number of carbonyl (C=O) groups excluding carboxylic acids is 2. The fraction of sp³-hybridized carbons (Fsp3) is 0.368. The Balaban J connectivity index is 2.01. The van der Waals surface area contributed by atoms with Crippen molar-refractivity contribution in [1.82, 2.24) is 9.80 Å². The molecule has 0 aromatic heterocycles. The van der Waals surface area contributed by atoms with Crippen molar-refractivity contribution in [2.24, 2.45) is 15.9 Å². The molecule has 0 bridgehead atoms. The lowest BCUT2D eigenvalue weighted by Crippen LogP contribution is -2.59. The first-order valence-corrected chi connectivity index (χ1v) is 8.48. The van der Waals surface area contributed by atoms with E-state index in [-0.39, 0.29) is 11.9 Å². The van der Waals surface area contributed by atoms with Gasteiger partial charge in [0.2, 0.25) is 5.91 Å². The summed E-state index contributed by atoms with van der Waals surface area (Å²) in [6, 6.07) is 7.27. The molecule has 26 heavy (non-hydrogen) atoms. The first kappa shape index (κ1) is 17.8. The fourth-order valence-electron chi connectivity index (χ4n) is 3.18. The molecule has 2 aliphatic heterocycles. The maximum Gasteiger partial charge on any atom is 0.331 e. The molecule has 1 fully saturated rings. The number of amidine groups is 1. The van der Waals surface area contributed by atoms with Crippen LogP contribution in [0.3, 0.4) is 0 Å². The van der Waals surface area contributed by atoms with Crippen molar-refractivity contribution < 1.29 is 14.3 Å². The zero-order valence-corrected chi connectivity index (χ0v) is 15.4. The summed E-state index contributed by atoms with van der Waals surface area (Å²) >= 11 is 0. The van der Waals surface area contributed by atoms with Crippen LogP contribution in [0.2, 0.25) is 0 Å². The van der Waals surface area contributed by atoms with Crippen LogP contribution in [-0.4, -0.2) is 54.5 Å². The predicted molar refractivity (Wildman–Crippen MR) is 99.4 cm³/mol. The van der Waals surface area contributed by atoms with Crippen molar-refractivity contribution in [2.75, 3.05) is 21.2 Å². The smallest absolute Gasteiger partial charge is 0.331 e. The molecule has 7 nitrogen and oxygen atoms in total. The van der Waals surface area contributed by atoms with Crippen LogP contribution in [0.15, 0.2) is 46.0 Å². The zero-order valence-electron chi connectivity index (χ0n) is 15.4. The Hall–Kier alpha value is -2.96. The maximum atomic E-state index is 12.8. The average Bonchev–Trinajstić information content (AvgIpc) is 2.68. The third-order valence-corrected chi connectivity index (χ3v) is 4.70. The van der Waals surface area contributed by atoms with Crippen LogP contribution in [0.25, 0.3) is 0 Å². The molecular formula is C19H22N4O3. The van der Waals surface area contributed by atoms with Crippen LogP contribution in [-0.2, 0) is 11.3 Å². The Morgan fingerprint density at radius 1 is 1.19 bits per heavy atom. The van der Waals surface area contributed by atoms with Gasteiger partial charge in [0.25, 0.3) is 0 Å². The quantitative estimate of drug-likeness (QED) is 0.834. The standard InChI is InChI=1S/C19H22N4O3/c1-5-12-10-21-17-15(18(24)23(3)19(25)22(17)2)16(12)20-11-13-8-6-7-9-14(13)26-4/h6-10,15H,5,11H2,1-4H3. The second kappa shape index (κ2) is 7.11. The number of methoxy groups -OCH3 is 1. The molecule has 0 aliphatic carbocycles. The number of hydrogen-bond donors (Lipinski definition) is 0. The topological polar surface area (TPSA) is 74.6 Å². The highest BCUT2D eigenvalue weighted by Crippen LogP contribution is 2.28. The SMILES string of the molecule is CCC1=CN=C2C(C(=O)N(C)C(=O)N2C)C1=NCc1ccccc1OC. The van der Waals surface area contributed by atoms with Crippen LogP contribution >= 0.6 is 0 Å². The molecule has 7 heteroatoms. The highest BCUT2D eigenvalue weighted by atomic mass is 16.5. The third kappa shape index (κ3) is 2.89. The summed E-state index contributed by atoms with van der Waals surface area (Å²) < 4.78 is 5.38. The van der Waals surface area contributed by atoms with E-state index >= 15 is 0 Å². The minimum Gasteiger partial charge on any atom is -0.496 e. The molecule has 3 amide bonds. The Labute approximate surface area is 152 Å². The van der Waals surface area contributed by atoms with E-state index in [0.717, 1.165) is 21.8 Å². The zero-order chi connectivity index (χ0) is 18.8. The van der Waals surface area contributed by atoms with Crippen molar-refractivity contribution in [2.45, 2.75) is 19.9 Å². The summed E-state index contributed by atoms with van der Waals surface area (Å²) in [6.45, 7) is 2.38. The number of ether oxygens (including phenoxy) is 1. The molecule has 1 atom stereocenters. The van der Waals surface area contributed by atoms with E-state index in [1.807, 2.05) is 31.2 Å². The molecule has 1 saturated heterocycles. The number of aliphatic imine (C=N–C) groups is 2. The molecule has 2 aliphatic rings. The number of amides is 3.